The van der Waals surface area contributed by atoms with E-state index in [-0.39, 0.29) is 16.6 Å². The molecule has 1 atom stereocenters. The average molecular weight is 387 g/mol. The van der Waals surface area contributed by atoms with Crippen LogP contribution in [-0.2, 0) is 15.6 Å². The minimum Gasteiger partial charge on any atom is -0.352 e. The average Bonchev–Trinajstić information content (AvgIpc) is 2.69. The molecule has 1 amide bonds. The summed E-state index contributed by atoms with van der Waals surface area (Å²) in [6, 6.07) is 15.3. The minimum absolute atomic E-state index is 0.0758. The lowest BCUT2D eigenvalue weighted by Gasteiger charge is -2.22. The van der Waals surface area contributed by atoms with Crippen LogP contribution < -0.4 is 10.6 Å². The van der Waals surface area contributed by atoms with E-state index in [1.807, 2.05) is 18.2 Å². The Kier molecular flexibility index (Phi) is 6.63. The van der Waals surface area contributed by atoms with Crippen LogP contribution in [0, 0.1) is 5.92 Å². The summed E-state index contributed by atoms with van der Waals surface area (Å²) in [4.78, 5) is 12.6. The first-order valence-electron chi connectivity index (χ1n) is 9.40. The van der Waals surface area contributed by atoms with Gasteiger partial charge in [0.05, 0.1) is 10.6 Å². The van der Waals surface area contributed by atoms with Gasteiger partial charge in [-0.1, -0.05) is 36.4 Å². The lowest BCUT2D eigenvalue weighted by molar-refractivity contribution is 0.0950. The van der Waals surface area contributed by atoms with Gasteiger partial charge in [-0.3, -0.25) is 4.79 Å². The Morgan fingerprint density at radius 2 is 1.93 bits per heavy atom. The lowest BCUT2D eigenvalue weighted by Crippen LogP contribution is -2.33. The van der Waals surface area contributed by atoms with Crippen LogP contribution in [0.1, 0.15) is 35.2 Å². The van der Waals surface area contributed by atoms with Gasteiger partial charge in [0, 0.05) is 12.1 Å². The fraction of sp³-hybridized carbons (Fsp3) is 0.381. The van der Waals surface area contributed by atoms with Crippen molar-refractivity contribution < 1.29 is 13.2 Å². The third-order valence-corrected chi connectivity index (χ3v) is 6.58. The maximum atomic E-state index is 12.7. The standard InChI is InChI=1S/C21H26N2O3S/c24-21(23-13-11-17-8-5-12-22-15-17)19-9-4-10-20(14-19)27(25,26)16-18-6-2-1-3-7-18/h1-4,6-7,9-10,14,17,22H,5,8,11-13,15-16H2,(H,23,24). The van der Waals surface area contributed by atoms with E-state index in [0.717, 1.165) is 25.1 Å². The molecule has 6 heteroatoms. The van der Waals surface area contributed by atoms with Crippen molar-refractivity contribution >= 4 is 15.7 Å². The van der Waals surface area contributed by atoms with Crippen molar-refractivity contribution in [1.29, 1.82) is 0 Å². The van der Waals surface area contributed by atoms with Crippen LogP contribution in [0.5, 0.6) is 0 Å². The number of benzene rings is 2. The number of amides is 1. The van der Waals surface area contributed by atoms with Crippen molar-refractivity contribution in [1.82, 2.24) is 10.6 Å². The highest BCUT2D eigenvalue weighted by molar-refractivity contribution is 7.90. The molecule has 1 aliphatic rings. The molecule has 1 unspecified atom stereocenters. The van der Waals surface area contributed by atoms with Crippen LogP contribution >= 0.6 is 0 Å². The number of carbonyl (C=O) groups is 1. The maximum absolute atomic E-state index is 12.7. The zero-order valence-electron chi connectivity index (χ0n) is 15.4. The number of carbonyl (C=O) groups excluding carboxylic acids is 1. The molecule has 2 aromatic rings. The predicted octanol–water partition coefficient (Wildman–Crippen LogP) is 2.78. The van der Waals surface area contributed by atoms with Crippen LogP contribution in [0.25, 0.3) is 0 Å². The number of sulfone groups is 1. The van der Waals surface area contributed by atoms with Crippen LogP contribution in [0.2, 0.25) is 0 Å². The lowest BCUT2D eigenvalue weighted by atomic mass is 9.96. The molecule has 0 saturated carbocycles. The molecule has 1 aliphatic heterocycles. The van der Waals surface area contributed by atoms with E-state index in [1.54, 1.807) is 30.3 Å². The maximum Gasteiger partial charge on any atom is 0.251 e. The highest BCUT2D eigenvalue weighted by Crippen LogP contribution is 2.18. The molecule has 2 aromatic carbocycles. The topological polar surface area (TPSA) is 75.3 Å². The Labute approximate surface area is 161 Å². The van der Waals surface area contributed by atoms with Gasteiger partial charge in [0.2, 0.25) is 0 Å². The molecule has 0 aromatic heterocycles. The van der Waals surface area contributed by atoms with Crippen molar-refractivity contribution in [3.63, 3.8) is 0 Å². The Balaban J connectivity index is 1.61. The summed E-state index contributed by atoms with van der Waals surface area (Å²) in [5.41, 5.74) is 1.11. The van der Waals surface area contributed by atoms with E-state index in [0.29, 0.717) is 18.0 Å². The molecule has 1 saturated heterocycles. The van der Waals surface area contributed by atoms with E-state index in [4.69, 9.17) is 0 Å². The van der Waals surface area contributed by atoms with Gasteiger partial charge in [-0.05, 0) is 62.0 Å². The van der Waals surface area contributed by atoms with Gasteiger partial charge in [-0.25, -0.2) is 8.42 Å². The Hall–Kier alpha value is -2.18. The molecule has 144 valence electrons. The van der Waals surface area contributed by atoms with Crippen molar-refractivity contribution in [2.24, 2.45) is 5.92 Å². The molecule has 0 aliphatic carbocycles. The molecule has 2 N–H and O–H groups in total. The third-order valence-electron chi connectivity index (χ3n) is 4.89. The van der Waals surface area contributed by atoms with Crippen molar-refractivity contribution in [2.45, 2.75) is 29.9 Å². The molecule has 1 fully saturated rings. The molecule has 0 radical (unpaired) electrons. The zero-order chi connectivity index (χ0) is 19.1. The van der Waals surface area contributed by atoms with E-state index in [1.165, 1.54) is 18.9 Å². The first-order valence-corrected chi connectivity index (χ1v) is 11.1. The second kappa shape index (κ2) is 9.15. The number of piperidine rings is 1. The molecule has 27 heavy (non-hydrogen) atoms. The fourth-order valence-electron chi connectivity index (χ4n) is 3.37. The van der Waals surface area contributed by atoms with Gasteiger partial charge in [-0.15, -0.1) is 0 Å². The van der Waals surface area contributed by atoms with Crippen molar-refractivity contribution in [2.75, 3.05) is 19.6 Å². The first-order chi connectivity index (χ1) is 13.0. The molecule has 0 bridgehead atoms. The summed E-state index contributed by atoms with van der Waals surface area (Å²) in [7, 11) is -3.50. The second-order valence-corrected chi connectivity index (χ2v) is 9.02. The number of nitrogens with one attached hydrogen (secondary N) is 2. The van der Waals surface area contributed by atoms with Gasteiger partial charge in [0.1, 0.15) is 0 Å². The number of hydrogen-bond acceptors (Lipinski definition) is 4. The summed E-state index contributed by atoms with van der Waals surface area (Å²) in [5.74, 6) is 0.292. The fourth-order valence-corrected chi connectivity index (χ4v) is 4.76. The third kappa shape index (κ3) is 5.65. The zero-order valence-corrected chi connectivity index (χ0v) is 16.2. The summed E-state index contributed by atoms with van der Waals surface area (Å²) < 4.78 is 25.3. The Morgan fingerprint density at radius 1 is 1.11 bits per heavy atom. The quantitative estimate of drug-likeness (QED) is 0.767. The van der Waals surface area contributed by atoms with Crippen LogP contribution in [0.15, 0.2) is 59.5 Å². The molecule has 1 heterocycles. The molecular weight excluding hydrogens is 360 g/mol. The molecule has 3 rings (SSSR count). The molecular formula is C21H26N2O3S. The van der Waals surface area contributed by atoms with Gasteiger partial charge in [-0.2, -0.15) is 0 Å². The SMILES string of the molecule is O=C(NCCC1CCCNC1)c1cccc(S(=O)(=O)Cc2ccccc2)c1. The summed E-state index contributed by atoms with van der Waals surface area (Å²) >= 11 is 0. The summed E-state index contributed by atoms with van der Waals surface area (Å²) in [6.07, 6.45) is 3.31. The second-order valence-electron chi connectivity index (χ2n) is 7.03. The van der Waals surface area contributed by atoms with Crippen molar-refractivity contribution in [3.8, 4) is 0 Å². The van der Waals surface area contributed by atoms with E-state index in [9.17, 15) is 13.2 Å². The smallest absolute Gasteiger partial charge is 0.251 e. The molecule has 0 spiro atoms. The van der Waals surface area contributed by atoms with E-state index < -0.39 is 9.84 Å². The molecule has 5 nitrogen and oxygen atoms in total. The number of rotatable bonds is 7. The highest BCUT2D eigenvalue weighted by Gasteiger charge is 2.18. The largest absolute Gasteiger partial charge is 0.352 e. The van der Waals surface area contributed by atoms with Gasteiger partial charge in [0.15, 0.2) is 9.84 Å². The van der Waals surface area contributed by atoms with E-state index in [2.05, 4.69) is 10.6 Å². The van der Waals surface area contributed by atoms with Crippen LogP contribution in [-0.4, -0.2) is 34.0 Å². The Morgan fingerprint density at radius 3 is 2.67 bits per heavy atom. The van der Waals surface area contributed by atoms with E-state index >= 15 is 0 Å². The van der Waals surface area contributed by atoms with Crippen LogP contribution in [0.3, 0.4) is 0 Å². The van der Waals surface area contributed by atoms with Gasteiger partial charge < -0.3 is 10.6 Å². The van der Waals surface area contributed by atoms with Gasteiger partial charge >= 0.3 is 0 Å². The monoisotopic (exact) mass is 386 g/mol. The predicted molar refractivity (Wildman–Crippen MR) is 106 cm³/mol. The highest BCUT2D eigenvalue weighted by atomic mass is 32.2. The Bertz CT molecular complexity index is 860. The first kappa shape index (κ1) is 19.6. The summed E-state index contributed by atoms with van der Waals surface area (Å²) in [6.45, 7) is 2.68. The summed E-state index contributed by atoms with van der Waals surface area (Å²) in [5, 5.41) is 6.28. The normalized spacial score (nSPS) is 17.4. The van der Waals surface area contributed by atoms with Crippen molar-refractivity contribution in [3.05, 3.63) is 65.7 Å². The minimum atomic E-state index is -3.50. The van der Waals surface area contributed by atoms with Gasteiger partial charge in [0.25, 0.3) is 5.91 Å². The van der Waals surface area contributed by atoms with Crippen LogP contribution in [0.4, 0.5) is 0 Å². The number of hydrogen-bond donors (Lipinski definition) is 2.